The maximum atomic E-state index is 12.2. The second-order valence-corrected chi connectivity index (χ2v) is 7.46. The number of hydrogen-bond donors (Lipinski definition) is 2. The number of rotatable bonds is 3. The van der Waals surface area contributed by atoms with Gasteiger partial charge in [-0.2, -0.15) is 0 Å². The van der Waals surface area contributed by atoms with Crippen molar-refractivity contribution in [3.05, 3.63) is 69.0 Å². The molecule has 4 rings (SSSR count). The highest BCUT2D eigenvalue weighted by Crippen LogP contribution is 2.32. The van der Waals surface area contributed by atoms with E-state index in [1.165, 1.54) is 11.1 Å². The zero-order chi connectivity index (χ0) is 17.4. The zero-order valence-corrected chi connectivity index (χ0v) is 15.6. The highest BCUT2D eigenvalue weighted by atomic mass is 79.9. The minimum atomic E-state index is -0.184. The monoisotopic (exact) mass is 418 g/mol. The van der Waals surface area contributed by atoms with E-state index in [9.17, 15) is 4.79 Å². The molecule has 0 fully saturated rings. The van der Waals surface area contributed by atoms with Crippen molar-refractivity contribution in [1.29, 1.82) is 0 Å². The smallest absolute Gasteiger partial charge is 0.315 e. The third kappa shape index (κ3) is 3.50. The minimum Gasteiger partial charge on any atom is -0.332 e. The Morgan fingerprint density at radius 2 is 2.20 bits per heavy atom. The van der Waals surface area contributed by atoms with Gasteiger partial charge in [0.2, 0.25) is 0 Å². The molecular weight excluding hydrogens is 404 g/mol. The molecule has 5 nitrogen and oxygen atoms in total. The summed E-state index contributed by atoms with van der Waals surface area (Å²) in [7, 11) is 0. The number of aromatic nitrogens is 2. The fourth-order valence-corrected chi connectivity index (χ4v) is 3.80. The van der Waals surface area contributed by atoms with E-state index >= 15 is 0 Å². The third-order valence-corrected chi connectivity index (χ3v) is 5.10. The Hall–Kier alpha value is -2.05. The predicted molar refractivity (Wildman–Crippen MR) is 101 cm³/mol. The van der Waals surface area contributed by atoms with Crippen molar-refractivity contribution < 1.29 is 4.79 Å². The zero-order valence-electron chi connectivity index (χ0n) is 13.3. The highest BCUT2D eigenvalue weighted by Gasteiger charge is 2.23. The van der Waals surface area contributed by atoms with Crippen molar-refractivity contribution in [2.75, 3.05) is 0 Å². The van der Waals surface area contributed by atoms with Gasteiger partial charge < -0.3 is 15.0 Å². The molecule has 0 saturated carbocycles. The summed E-state index contributed by atoms with van der Waals surface area (Å²) in [6.45, 7) is 0.366. The molecule has 1 atom stereocenters. The van der Waals surface area contributed by atoms with Gasteiger partial charge in [-0.15, -0.1) is 0 Å². The van der Waals surface area contributed by atoms with Gasteiger partial charge in [0.1, 0.15) is 5.65 Å². The molecule has 1 aliphatic carbocycles. The maximum Gasteiger partial charge on any atom is 0.315 e. The van der Waals surface area contributed by atoms with Crippen molar-refractivity contribution in [3.8, 4) is 0 Å². The first-order chi connectivity index (χ1) is 12.1. The van der Waals surface area contributed by atoms with Crippen LogP contribution in [0.15, 0.2) is 47.2 Å². The van der Waals surface area contributed by atoms with Crippen LogP contribution in [-0.4, -0.2) is 15.4 Å². The average molecular weight is 420 g/mol. The van der Waals surface area contributed by atoms with E-state index in [4.69, 9.17) is 11.6 Å². The summed E-state index contributed by atoms with van der Waals surface area (Å²) < 4.78 is 2.92. The summed E-state index contributed by atoms with van der Waals surface area (Å²) in [6, 6.07) is 9.72. The van der Waals surface area contributed by atoms with Crippen LogP contribution in [0.4, 0.5) is 4.79 Å². The van der Waals surface area contributed by atoms with Crippen molar-refractivity contribution in [2.45, 2.75) is 25.4 Å². The van der Waals surface area contributed by atoms with E-state index in [1.807, 2.05) is 22.7 Å². The predicted octanol–water partition coefficient (Wildman–Crippen LogP) is 4.24. The van der Waals surface area contributed by atoms with Crippen molar-refractivity contribution in [3.63, 3.8) is 0 Å². The summed E-state index contributed by atoms with van der Waals surface area (Å²) in [5, 5.41) is 6.57. The number of halogens is 2. The molecule has 25 heavy (non-hydrogen) atoms. The van der Waals surface area contributed by atoms with Crippen LogP contribution in [0.2, 0.25) is 5.02 Å². The number of pyridine rings is 1. The molecule has 0 bridgehead atoms. The maximum absolute atomic E-state index is 12.2. The molecule has 1 aliphatic rings. The molecule has 128 valence electrons. The van der Waals surface area contributed by atoms with Gasteiger partial charge in [-0.1, -0.05) is 33.6 Å². The number of imidazole rings is 1. The molecule has 2 heterocycles. The Morgan fingerprint density at radius 1 is 1.32 bits per heavy atom. The van der Waals surface area contributed by atoms with E-state index in [2.05, 4.69) is 43.7 Å². The molecular formula is C18H16BrClN4O. The van der Waals surface area contributed by atoms with Gasteiger partial charge >= 0.3 is 6.03 Å². The van der Waals surface area contributed by atoms with E-state index in [0.717, 1.165) is 28.7 Å². The summed E-state index contributed by atoms with van der Waals surface area (Å²) in [6.07, 6.45) is 5.56. The van der Waals surface area contributed by atoms with Crippen molar-refractivity contribution in [2.24, 2.45) is 0 Å². The van der Waals surface area contributed by atoms with Gasteiger partial charge in [0.05, 0.1) is 23.3 Å². The molecule has 2 aromatic heterocycles. The third-order valence-electron chi connectivity index (χ3n) is 4.38. The number of nitrogens with one attached hydrogen (secondary N) is 2. The van der Waals surface area contributed by atoms with E-state index in [1.54, 1.807) is 12.3 Å². The van der Waals surface area contributed by atoms with Gasteiger partial charge in [-0.25, -0.2) is 9.78 Å². The largest absolute Gasteiger partial charge is 0.332 e. The van der Waals surface area contributed by atoms with Gasteiger partial charge in [0, 0.05) is 16.9 Å². The number of benzene rings is 1. The minimum absolute atomic E-state index is 0.0583. The molecule has 0 saturated heterocycles. The van der Waals surface area contributed by atoms with E-state index in [0.29, 0.717) is 11.6 Å². The number of carbonyl (C=O) groups is 1. The second-order valence-electron chi connectivity index (χ2n) is 6.11. The van der Waals surface area contributed by atoms with Gasteiger partial charge in [-0.05, 0) is 48.2 Å². The van der Waals surface area contributed by atoms with Crippen molar-refractivity contribution >= 4 is 39.2 Å². The first kappa shape index (κ1) is 16.4. The number of fused-ring (bicyclic) bond motifs is 2. The average Bonchev–Trinajstić information content (AvgIpc) is 3.16. The molecule has 2 amide bonds. The van der Waals surface area contributed by atoms with E-state index in [-0.39, 0.29) is 12.1 Å². The molecule has 1 aromatic carbocycles. The molecule has 0 aliphatic heterocycles. The van der Waals surface area contributed by atoms with Crippen LogP contribution in [0.25, 0.3) is 5.65 Å². The Balaban J connectivity index is 1.38. The fourth-order valence-electron chi connectivity index (χ4n) is 3.22. The Morgan fingerprint density at radius 3 is 3.08 bits per heavy atom. The van der Waals surface area contributed by atoms with Crippen LogP contribution in [0.1, 0.15) is 29.3 Å². The number of nitrogens with zero attached hydrogens (tertiary/aromatic N) is 2. The summed E-state index contributed by atoms with van der Waals surface area (Å²) in [4.78, 5) is 16.7. The summed E-state index contributed by atoms with van der Waals surface area (Å²) in [5.41, 5.74) is 4.07. The topological polar surface area (TPSA) is 58.4 Å². The lowest BCUT2D eigenvalue weighted by Crippen LogP contribution is -2.37. The van der Waals surface area contributed by atoms with Crippen LogP contribution in [0.3, 0.4) is 0 Å². The van der Waals surface area contributed by atoms with Gasteiger partial charge in [0.15, 0.2) is 0 Å². The number of amides is 2. The molecule has 2 N–H and O–H groups in total. The Labute approximate surface area is 158 Å². The normalized spacial score (nSPS) is 16.0. The Kier molecular flexibility index (Phi) is 4.39. The molecule has 1 unspecified atom stereocenters. The highest BCUT2D eigenvalue weighted by molar-refractivity contribution is 9.10. The number of aryl methyl sites for hydroxylation is 1. The summed E-state index contributed by atoms with van der Waals surface area (Å²) in [5.74, 6) is 0. The lowest BCUT2D eigenvalue weighted by molar-refractivity contribution is 0.236. The van der Waals surface area contributed by atoms with Crippen LogP contribution < -0.4 is 10.6 Å². The van der Waals surface area contributed by atoms with Crippen LogP contribution in [0, 0.1) is 0 Å². The number of hydrogen-bond acceptors (Lipinski definition) is 2. The lowest BCUT2D eigenvalue weighted by atomic mass is 10.1. The first-order valence-corrected chi connectivity index (χ1v) is 9.21. The molecule has 7 heteroatoms. The second kappa shape index (κ2) is 6.69. The van der Waals surface area contributed by atoms with Gasteiger partial charge in [0.25, 0.3) is 0 Å². The Bertz CT molecular complexity index is 955. The fraction of sp³-hybridized carbons (Fsp3) is 0.222. The standard InChI is InChI=1S/C18H16BrClN4O/c19-12-2-4-15-11(7-12)1-5-16(15)23-18(25)21-8-14-10-24-9-13(20)3-6-17(24)22-14/h2-4,6-7,9-10,16H,1,5,8H2,(H2,21,23,25). The van der Waals surface area contributed by atoms with Crippen molar-refractivity contribution in [1.82, 2.24) is 20.0 Å². The number of carbonyl (C=O) groups excluding carboxylic acids is 1. The van der Waals surface area contributed by atoms with Crippen LogP contribution in [0.5, 0.6) is 0 Å². The molecule has 0 spiro atoms. The van der Waals surface area contributed by atoms with Crippen LogP contribution >= 0.6 is 27.5 Å². The quantitative estimate of drug-likeness (QED) is 0.667. The lowest BCUT2D eigenvalue weighted by Gasteiger charge is -2.14. The van der Waals surface area contributed by atoms with Gasteiger partial charge in [-0.3, -0.25) is 0 Å². The SMILES string of the molecule is O=C(NCc1cn2cc(Cl)ccc2n1)NC1CCc2cc(Br)ccc21. The summed E-state index contributed by atoms with van der Waals surface area (Å²) >= 11 is 9.46. The van der Waals surface area contributed by atoms with E-state index < -0.39 is 0 Å². The van der Waals surface area contributed by atoms with Crippen LogP contribution in [-0.2, 0) is 13.0 Å². The molecule has 3 aromatic rings. The molecule has 0 radical (unpaired) electrons. The first-order valence-electron chi connectivity index (χ1n) is 8.04. The number of urea groups is 1.